The fourth-order valence-electron chi connectivity index (χ4n) is 2.50. The van der Waals surface area contributed by atoms with Crippen molar-refractivity contribution >= 4 is 22.5 Å². The summed E-state index contributed by atoms with van der Waals surface area (Å²) in [6.07, 6.45) is 0.0816. The summed E-state index contributed by atoms with van der Waals surface area (Å²) in [6, 6.07) is 5.25. The minimum atomic E-state index is -2.77. The highest BCUT2D eigenvalue weighted by Crippen LogP contribution is 2.25. The van der Waals surface area contributed by atoms with E-state index in [0.29, 0.717) is 17.7 Å². The van der Waals surface area contributed by atoms with E-state index in [2.05, 4.69) is 20.6 Å². The van der Waals surface area contributed by atoms with Crippen molar-refractivity contribution in [3.05, 3.63) is 41.9 Å². The summed E-state index contributed by atoms with van der Waals surface area (Å²) < 4.78 is 27.8. The molecule has 2 aromatic heterocycles. The Morgan fingerprint density at radius 1 is 1.38 bits per heavy atom. The average molecular weight is 333 g/mol. The van der Waals surface area contributed by atoms with E-state index in [9.17, 15) is 13.6 Å². The van der Waals surface area contributed by atoms with Gasteiger partial charge in [0.2, 0.25) is 0 Å². The Morgan fingerprint density at radius 3 is 2.88 bits per heavy atom. The van der Waals surface area contributed by atoms with Crippen LogP contribution in [0.2, 0.25) is 0 Å². The number of H-pyrrole nitrogens is 1. The van der Waals surface area contributed by atoms with Crippen molar-refractivity contribution in [3.8, 4) is 0 Å². The lowest BCUT2D eigenvalue weighted by molar-refractivity contribution is 0.100. The van der Waals surface area contributed by atoms with Crippen LogP contribution in [0.3, 0.4) is 0 Å². The number of hydrogen-bond acceptors (Lipinski definition) is 3. The fraction of sp³-hybridized carbons (Fsp3) is 0.312. The van der Waals surface area contributed by atoms with Gasteiger partial charge < -0.3 is 5.32 Å². The molecule has 0 fully saturated rings. The SMILES string of the molecule is CC(C)Cn1cc(C(F)F)c(C(=O)Nc2cccc3cn[nH]c23)n1. The summed E-state index contributed by atoms with van der Waals surface area (Å²) in [5.41, 5.74) is 0.465. The number of alkyl halides is 2. The van der Waals surface area contributed by atoms with Gasteiger partial charge in [-0.15, -0.1) is 0 Å². The van der Waals surface area contributed by atoms with Gasteiger partial charge in [0.25, 0.3) is 12.3 Å². The van der Waals surface area contributed by atoms with Gasteiger partial charge in [0.1, 0.15) is 0 Å². The molecule has 0 aliphatic carbocycles. The number of nitrogens with zero attached hydrogens (tertiary/aromatic N) is 3. The molecule has 0 saturated heterocycles. The molecule has 0 bridgehead atoms. The molecule has 2 heterocycles. The lowest BCUT2D eigenvalue weighted by Gasteiger charge is -2.06. The molecule has 8 heteroatoms. The summed E-state index contributed by atoms with van der Waals surface area (Å²) >= 11 is 0. The zero-order valence-corrected chi connectivity index (χ0v) is 13.3. The Morgan fingerprint density at radius 2 is 2.17 bits per heavy atom. The molecule has 0 saturated carbocycles. The number of amides is 1. The van der Waals surface area contributed by atoms with Gasteiger partial charge in [-0.2, -0.15) is 10.2 Å². The van der Waals surface area contributed by atoms with Gasteiger partial charge in [0.05, 0.1) is 23.0 Å². The molecule has 0 radical (unpaired) electrons. The Hall–Kier alpha value is -2.77. The number of hydrogen-bond donors (Lipinski definition) is 2. The van der Waals surface area contributed by atoms with Gasteiger partial charge in [0, 0.05) is 18.1 Å². The van der Waals surface area contributed by atoms with Crippen LogP contribution in [0.15, 0.2) is 30.6 Å². The fourth-order valence-corrected chi connectivity index (χ4v) is 2.50. The standard InChI is InChI=1S/C16H17F2N5O/c1-9(2)7-23-8-11(15(17)18)14(22-23)16(24)20-12-5-3-4-10-6-19-21-13(10)12/h3-6,8-9,15H,7H2,1-2H3,(H,19,21)(H,20,24). The molecule has 3 rings (SSSR count). The van der Waals surface area contributed by atoms with Crippen LogP contribution >= 0.6 is 0 Å². The molecular formula is C16H17F2N5O. The molecule has 0 spiro atoms. The number of anilines is 1. The highest BCUT2D eigenvalue weighted by Gasteiger charge is 2.24. The summed E-state index contributed by atoms with van der Waals surface area (Å²) in [5, 5.41) is 14.2. The quantitative estimate of drug-likeness (QED) is 0.749. The van der Waals surface area contributed by atoms with Gasteiger partial charge in [-0.1, -0.05) is 26.0 Å². The van der Waals surface area contributed by atoms with E-state index in [1.54, 1.807) is 18.3 Å². The maximum Gasteiger partial charge on any atom is 0.276 e. The number of rotatable bonds is 5. The van der Waals surface area contributed by atoms with E-state index in [0.717, 1.165) is 5.39 Å². The molecule has 0 atom stereocenters. The molecule has 6 nitrogen and oxygen atoms in total. The number of benzene rings is 1. The lowest BCUT2D eigenvalue weighted by atomic mass is 10.2. The first-order chi connectivity index (χ1) is 11.5. The summed E-state index contributed by atoms with van der Waals surface area (Å²) in [4.78, 5) is 12.4. The van der Waals surface area contributed by atoms with Gasteiger partial charge >= 0.3 is 0 Å². The predicted molar refractivity (Wildman–Crippen MR) is 86.1 cm³/mol. The normalized spacial score (nSPS) is 11.6. The minimum absolute atomic E-state index is 0.227. The molecule has 1 aromatic carbocycles. The van der Waals surface area contributed by atoms with E-state index in [1.165, 1.54) is 10.9 Å². The molecular weight excluding hydrogens is 316 g/mol. The number of aromatic nitrogens is 4. The average Bonchev–Trinajstić information content (AvgIpc) is 3.13. The molecule has 24 heavy (non-hydrogen) atoms. The van der Waals surface area contributed by atoms with Crippen molar-refractivity contribution in [1.29, 1.82) is 0 Å². The van der Waals surface area contributed by atoms with Crippen LogP contribution in [-0.4, -0.2) is 25.9 Å². The molecule has 0 unspecified atom stereocenters. The van der Waals surface area contributed by atoms with E-state index in [-0.39, 0.29) is 17.2 Å². The zero-order chi connectivity index (χ0) is 17.3. The topological polar surface area (TPSA) is 75.6 Å². The van der Waals surface area contributed by atoms with Crippen LogP contribution in [0.5, 0.6) is 0 Å². The number of nitrogens with one attached hydrogen (secondary N) is 2. The van der Waals surface area contributed by atoms with Crippen LogP contribution in [-0.2, 0) is 6.54 Å². The van der Waals surface area contributed by atoms with Gasteiger partial charge in [-0.05, 0) is 12.0 Å². The van der Waals surface area contributed by atoms with Crippen LogP contribution in [0.4, 0.5) is 14.5 Å². The highest BCUT2D eigenvalue weighted by molar-refractivity contribution is 6.07. The summed E-state index contributed by atoms with van der Waals surface area (Å²) in [5.74, 6) is -0.444. The number of aromatic amines is 1. The van der Waals surface area contributed by atoms with Gasteiger partial charge in [-0.3, -0.25) is 14.6 Å². The lowest BCUT2D eigenvalue weighted by Crippen LogP contribution is -2.16. The Labute approximate surface area is 136 Å². The molecule has 0 aliphatic rings. The molecule has 1 amide bonds. The second kappa shape index (κ2) is 6.38. The van der Waals surface area contributed by atoms with E-state index in [1.807, 2.05) is 19.9 Å². The molecule has 3 aromatic rings. The number of fused-ring (bicyclic) bond motifs is 1. The number of carbonyl (C=O) groups is 1. The Kier molecular flexibility index (Phi) is 4.28. The predicted octanol–water partition coefficient (Wildman–Crippen LogP) is 3.61. The van der Waals surface area contributed by atoms with Crippen LogP contribution < -0.4 is 5.32 Å². The van der Waals surface area contributed by atoms with Crippen molar-refractivity contribution in [2.24, 2.45) is 5.92 Å². The van der Waals surface area contributed by atoms with Gasteiger partial charge in [0.15, 0.2) is 5.69 Å². The van der Waals surface area contributed by atoms with Gasteiger partial charge in [-0.25, -0.2) is 8.78 Å². The van der Waals surface area contributed by atoms with Crippen molar-refractivity contribution in [2.75, 3.05) is 5.32 Å². The van der Waals surface area contributed by atoms with E-state index in [4.69, 9.17) is 0 Å². The van der Waals surface area contributed by atoms with E-state index < -0.39 is 12.3 Å². The number of carbonyl (C=O) groups excluding carboxylic acids is 1. The molecule has 2 N–H and O–H groups in total. The third-order valence-electron chi connectivity index (χ3n) is 3.52. The Balaban J connectivity index is 1.91. The highest BCUT2D eigenvalue weighted by atomic mass is 19.3. The first kappa shape index (κ1) is 16.1. The monoisotopic (exact) mass is 333 g/mol. The van der Waals surface area contributed by atoms with E-state index >= 15 is 0 Å². The zero-order valence-electron chi connectivity index (χ0n) is 13.3. The molecule has 0 aliphatic heterocycles. The second-order valence-electron chi connectivity index (χ2n) is 5.94. The number of para-hydroxylation sites is 1. The first-order valence-corrected chi connectivity index (χ1v) is 7.54. The van der Waals surface area contributed by atoms with Crippen molar-refractivity contribution in [3.63, 3.8) is 0 Å². The Bertz CT molecular complexity index is 868. The third-order valence-corrected chi connectivity index (χ3v) is 3.52. The maximum atomic E-state index is 13.2. The van der Waals surface area contributed by atoms with Crippen molar-refractivity contribution in [2.45, 2.75) is 26.8 Å². The maximum absolute atomic E-state index is 13.2. The first-order valence-electron chi connectivity index (χ1n) is 7.54. The second-order valence-corrected chi connectivity index (χ2v) is 5.94. The molecule has 126 valence electrons. The van der Waals surface area contributed by atoms with Crippen LogP contribution in [0.25, 0.3) is 10.9 Å². The minimum Gasteiger partial charge on any atom is -0.319 e. The number of halogens is 2. The van der Waals surface area contributed by atoms with Crippen molar-refractivity contribution in [1.82, 2.24) is 20.0 Å². The summed E-state index contributed by atoms with van der Waals surface area (Å²) in [6.45, 7) is 4.36. The smallest absolute Gasteiger partial charge is 0.276 e. The largest absolute Gasteiger partial charge is 0.319 e. The van der Waals surface area contributed by atoms with Crippen LogP contribution in [0.1, 0.15) is 36.3 Å². The van der Waals surface area contributed by atoms with Crippen molar-refractivity contribution < 1.29 is 13.6 Å². The summed E-state index contributed by atoms with van der Waals surface area (Å²) in [7, 11) is 0. The third kappa shape index (κ3) is 3.12. The van der Waals surface area contributed by atoms with Crippen LogP contribution in [0, 0.1) is 5.92 Å².